The molecule has 0 aliphatic carbocycles. The molecule has 0 radical (unpaired) electrons. The molecule has 0 heterocycles. The topological polar surface area (TPSA) is 74.6 Å². The van der Waals surface area contributed by atoms with Crippen molar-refractivity contribution in [2.75, 3.05) is 0 Å². The largest absolute Gasteiger partial charge is 1.00 e. The molecule has 0 aromatic heterocycles. The molecule has 0 unspecified atom stereocenters. The Hall–Kier alpha value is -0.0600. The summed E-state index contributed by atoms with van der Waals surface area (Å²) >= 11 is 0. The van der Waals surface area contributed by atoms with Gasteiger partial charge in [0.2, 0.25) is 0 Å². The number of hydrogen-bond donors (Lipinski definition) is 2. The summed E-state index contributed by atoms with van der Waals surface area (Å²) in [6.07, 6.45) is 7.17. The Morgan fingerprint density at radius 2 is 1.44 bits per heavy atom. The summed E-state index contributed by atoms with van der Waals surface area (Å²) in [6.45, 7) is 6.02. The van der Waals surface area contributed by atoms with E-state index in [1.807, 2.05) is 0 Å². The third kappa shape index (κ3) is 29.2. The maximum atomic E-state index is 9.43. The zero-order valence-electron chi connectivity index (χ0n) is 10.4. The third-order valence-corrected chi connectivity index (χ3v) is 1.66. The molecule has 4 nitrogen and oxygen atoms in total. The molecule has 0 fully saturated rings. The Kier molecular flexibility index (Phi) is 23.0. The second-order valence-corrected chi connectivity index (χ2v) is 3.23. The van der Waals surface area contributed by atoms with Crippen molar-refractivity contribution in [1.29, 1.82) is 0 Å². The molecule has 5 heteroatoms. The Morgan fingerprint density at radius 3 is 1.69 bits per heavy atom. The van der Waals surface area contributed by atoms with E-state index in [0.717, 1.165) is 6.42 Å². The molecule has 0 saturated carbocycles. The summed E-state index contributed by atoms with van der Waals surface area (Å²) < 4.78 is 0. The van der Waals surface area contributed by atoms with Crippen molar-refractivity contribution < 1.29 is 49.4 Å². The van der Waals surface area contributed by atoms with Crippen LogP contribution in [0.2, 0.25) is 0 Å². The monoisotopic (exact) mass is 240 g/mol. The Labute approximate surface area is 120 Å². The maximum absolute atomic E-state index is 9.43. The smallest absolute Gasteiger partial charge is 0.481 e. The molecular formula is C11H21NaO4. The molecule has 0 atom stereocenters. The van der Waals surface area contributed by atoms with Crippen LogP contribution >= 0.6 is 0 Å². The fraction of sp³-hybridized carbons (Fsp3) is 0.727. The van der Waals surface area contributed by atoms with Gasteiger partial charge in [0.1, 0.15) is 6.42 Å². The predicted octanol–water partition coefficient (Wildman–Crippen LogP) is -0.269. The van der Waals surface area contributed by atoms with E-state index in [1.54, 1.807) is 0 Å². The van der Waals surface area contributed by atoms with Crippen molar-refractivity contribution in [2.45, 2.75) is 51.9 Å². The van der Waals surface area contributed by atoms with Gasteiger partial charge in [-0.15, -0.1) is 0 Å². The van der Waals surface area contributed by atoms with Gasteiger partial charge in [-0.3, -0.25) is 9.59 Å². The van der Waals surface area contributed by atoms with Crippen molar-refractivity contribution in [3.8, 4) is 0 Å². The maximum Gasteiger partial charge on any atom is 1.00 e. The molecule has 0 aliphatic heterocycles. The Bertz CT molecular complexity index is 153. The van der Waals surface area contributed by atoms with E-state index in [1.165, 1.54) is 32.1 Å². The van der Waals surface area contributed by atoms with Crippen LogP contribution in [0.4, 0.5) is 0 Å². The van der Waals surface area contributed by atoms with E-state index >= 15 is 0 Å². The summed E-state index contributed by atoms with van der Waals surface area (Å²) in [5, 5.41) is 15.4. The molecule has 0 aliphatic rings. The predicted molar refractivity (Wildman–Crippen MR) is 58.6 cm³/mol. The van der Waals surface area contributed by atoms with E-state index in [-0.39, 0.29) is 29.6 Å². The fourth-order valence-electron chi connectivity index (χ4n) is 0.910. The zero-order valence-corrected chi connectivity index (χ0v) is 12.4. The Morgan fingerprint density at radius 1 is 1.00 bits per heavy atom. The summed E-state index contributed by atoms with van der Waals surface area (Å²) in [5.74, 6) is -2.62. The molecule has 0 saturated heterocycles. The first-order valence-corrected chi connectivity index (χ1v) is 5.27. The van der Waals surface area contributed by atoms with E-state index < -0.39 is 18.4 Å². The van der Waals surface area contributed by atoms with Crippen LogP contribution < -0.4 is 29.6 Å². The Balaban J connectivity index is -0.000000200. The van der Waals surface area contributed by atoms with Crippen LogP contribution in [0.3, 0.4) is 0 Å². The van der Waals surface area contributed by atoms with Gasteiger partial charge in [0.05, 0.1) is 0 Å². The van der Waals surface area contributed by atoms with Gasteiger partial charge in [0.15, 0.2) is 0 Å². The third-order valence-electron chi connectivity index (χ3n) is 1.66. The van der Waals surface area contributed by atoms with E-state index in [4.69, 9.17) is 10.2 Å². The standard InChI is InChI=1S/C8H17.C3H4O4.Na/c1-3-5-7-8-6-4-2;4-2(5)1-3(6)7;/h1,3-8H2,2H3;1H2,(H,4,5)(H,6,7);/q-1;;+1. The first kappa shape index (κ1) is 21.2. The molecule has 0 aromatic rings. The summed E-state index contributed by atoms with van der Waals surface area (Å²) in [4.78, 5) is 18.9. The molecule has 2 N–H and O–H groups in total. The van der Waals surface area contributed by atoms with Crippen LogP contribution in [0.5, 0.6) is 0 Å². The van der Waals surface area contributed by atoms with Crippen LogP contribution in [0.1, 0.15) is 51.9 Å². The average molecular weight is 240 g/mol. The van der Waals surface area contributed by atoms with Gasteiger partial charge in [-0.2, -0.15) is 6.42 Å². The van der Waals surface area contributed by atoms with Crippen molar-refractivity contribution in [3.05, 3.63) is 6.92 Å². The normalized spacial score (nSPS) is 8.38. The second-order valence-electron chi connectivity index (χ2n) is 3.23. The van der Waals surface area contributed by atoms with Gasteiger partial charge in [0.25, 0.3) is 0 Å². The van der Waals surface area contributed by atoms with Crippen LogP contribution in [-0.4, -0.2) is 22.2 Å². The van der Waals surface area contributed by atoms with Gasteiger partial charge < -0.3 is 17.1 Å². The number of aliphatic carboxylic acids is 2. The van der Waals surface area contributed by atoms with Crippen molar-refractivity contribution >= 4 is 11.9 Å². The van der Waals surface area contributed by atoms with E-state index in [9.17, 15) is 9.59 Å². The molecule has 16 heavy (non-hydrogen) atoms. The molecule has 0 amide bonds. The minimum absolute atomic E-state index is 0. The molecule has 0 aromatic carbocycles. The van der Waals surface area contributed by atoms with Gasteiger partial charge >= 0.3 is 41.5 Å². The molecule has 0 rings (SSSR count). The SMILES string of the molecule is O=C(O)CC(=O)O.[CH2-]CCCCCCC.[Na+]. The minimum atomic E-state index is -1.31. The number of rotatable bonds is 7. The van der Waals surface area contributed by atoms with E-state index in [0.29, 0.717) is 0 Å². The number of carbonyl (C=O) groups is 2. The first-order valence-electron chi connectivity index (χ1n) is 5.27. The van der Waals surface area contributed by atoms with Gasteiger partial charge in [-0.05, 0) is 0 Å². The van der Waals surface area contributed by atoms with Crippen LogP contribution in [0.25, 0.3) is 0 Å². The first-order chi connectivity index (χ1) is 7.04. The van der Waals surface area contributed by atoms with Crippen LogP contribution in [0, 0.1) is 6.92 Å². The summed E-state index contributed by atoms with van der Waals surface area (Å²) in [6, 6.07) is 0. The molecular weight excluding hydrogens is 219 g/mol. The zero-order chi connectivity index (χ0) is 12.1. The summed E-state index contributed by atoms with van der Waals surface area (Å²) in [5.41, 5.74) is 0. The number of unbranched alkanes of at least 4 members (excludes halogenated alkanes) is 5. The fourth-order valence-corrected chi connectivity index (χ4v) is 0.910. The second kappa shape index (κ2) is 17.3. The van der Waals surface area contributed by atoms with Crippen LogP contribution in [0.15, 0.2) is 0 Å². The molecule has 0 spiro atoms. The number of hydrogen-bond acceptors (Lipinski definition) is 2. The van der Waals surface area contributed by atoms with Gasteiger partial charge in [0, 0.05) is 0 Å². The number of carboxylic acids is 2. The van der Waals surface area contributed by atoms with Crippen molar-refractivity contribution in [1.82, 2.24) is 0 Å². The molecule has 0 bridgehead atoms. The van der Waals surface area contributed by atoms with Gasteiger partial charge in [-0.1, -0.05) is 39.0 Å². The quantitative estimate of drug-likeness (QED) is 0.278. The van der Waals surface area contributed by atoms with E-state index in [2.05, 4.69) is 13.8 Å². The summed E-state index contributed by atoms with van der Waals surface area (Å²) in [7, 11) is 0. The van der Waals surface area contributed by atoms with Crippen molar-refractivity contribution in [3.63, 3.8) is 0 Å². The minimum Gasteiger partial charge on any atom is -0.481 e. The van der Waals surface area contributed by atoms with Gasteiger partial charge in [-0.25, -0.2) is 0 Å². The average Bonchev–Trinajstić information content (AvgIpc) is 2.11. The van der Waals surface area contributed by atoms with Crippen molar-refractivity contribution in [2.24, 2.45) is 0 Å². The number of carboxylic acid groups (broad SMARTS) is 2. The van der Waals surface area contributed by atoms with Crippen LogP contribution in [-0.2, 0) is 9.59 Å². The molecule has 90 valence electrons.